The average Bonchev–Trinajstić information content (AvgIpc) is 2.62. The van der Waals surface area contributed by atoms with Gasteiger partial charge in [0.15, 0.2) is 0 Å². The van der Waals surface area contributed by atoms with Crippen molar-refractivity contribution in [3.05, 3.63) is 62.2 Å². The van der Waals surface area contributed by atoms with Crippen LogP contribution in [0.5, 0.6) is 11.5 Å². The first kappa shape index (κ1) is 21.3. The van der Waals surface area contributed by atoms with Crippen molar-refractivity contribution in [2.75, 3.05) is 5.43 Å². The quantitative estimate of drug-likeness (QED) is 0.280. The van der Waals surface area contributed by atoms with Crippen molar-refractivity contribution in [1.29, 1.82) is 0 Å². The van der Waals surface area contributed by atoms with Crippen LogP contribution in [0.3, 0.4) is 0 Å². The molecule has 0 unspecified atom stereocenters. The Morgan fingerprint density at radius 1 is 0.966 bits per heavy atom. The highest BCUT2D eigenvalue weighted by Crippen LogP contribution is 2.29. The summed E-state index contributed by atoms with van der Waals surface area (Å²) in [6, 6.07) is 5.65. The maximum atomic E-state index is 12.5. The Labute approximate surface area is 158 Å². The molecule has 0 amide bonds. The number of hydrogen-bond acceptors (Lipinski definition) is 8. The summed E-state index contributed by atoms with van der Waals surface area (Å²) in [6.07, 6.45) is 0.926. The molecular formula is C15H10F4N4O6. The molecule has 14 heteroatoms. The molecule has 154 valence electrons. The van der Waals surface area contributed by atoms with Gasteiger partial charge in [0.25, 0.3) is 5.69 Å². The number of nitrogens with zero attached hydrogens (tertiary/aromatic N) is 3. The number of alkyl halides is 4. The van der Waals surface area contributed by atoms with Crippen LogP contribution in [0.4, 0.5) is 34.6 Å². The first-order valence-electron chi connectivity index (χ1n) is 7.43. The van der Waals surface area contributed by atoms with E-state index in [2.05, 4.69) is 20.0 Å². The minimum absolute atomic E-state index is 0.0935. The molecule has 2 aromatic carbocycles. The van der Waals surface area contributed by atoms with Crippen molar-refractivity contribution in [2.24, 2.45) is 5.10 Å². The van der Waals surface area contributed by atoms with Crippen LogP contribution in [0.1, 0.15) is 5.56 Å². The molecule has 0 aliphatic carbocycles. The van der Waals surface area contributed by atoms with Crippen LogP contribution < -0.4 is 14.9 Å². The van der Waals surface area contributed by atoms with Gasteiger partial charge in [-0.05, 0) is 18.2 Å². The van der Waals surface area contributed by atoms with E-state index in [1.807, 2.05) is 0 Å². The third-order valence-corrected chi connectivity index (χ3v) is 3.20. The second-order valence-corrected chi connectivity index (χ2v) is 5.04. The zero-order valence-electron chi connectivity index (χ0n) is 14.0. The maximum Gasteiger partial charge on any atom is 0.387 e. The Hall–Kier alpha value is -3.97. The summed E-state index contributed by atoms with van der Waals surface area (Å²) in [5, 5.41) is 25.4. The van der Waals surface area contributed by atoms with E-state index in [-0.39, 0.29) is 11.3 Å². The van der Waals surface area contributed by atoms with Gasteiger partial charge in [0.2, 0.25) is 0 Å². The molecule has 0 fully saturated rings. The van der Waals surface area contributed by atoms with E-state index in [1.54, 1.807) is 0 Å². The highest BCUT2D eigenvalue weighted by molar-refractivity contribution is 5.84. The molecule has 0 aromatic heterocycles. The molecule has 0 atom stereocenters. The zero-order chi connectivity index (χ0) is 21.6. The number of anilines is 1. The van der Waals surface area contributed by atoms with Crippen LogP contribution in [0, 0.1) is 20.2 Å². The van der Waals surface area contributed by atoms with Crippen LogP contribution in [0.15, 0.2) is 41.5 Å². The Morgan fingerprint density at radius 3 is 2.24 bits per heavy atom. The third kappa shape index (κ3) is 6.02. The maximum absolute atomic E-state index is 12.5. The number of nitro benzene ring substituents is 2. The Morgan fingerprint density at radius 2 is 1.66 bits per heavy atom. The molecule has 10 nitrogen and oxygen atoms in total. The van der Waals surface area contributed by atoms with Crippen molar-refractivity contribution in [3.63, 3.8) is 0 Å². The van der Waals surface area contributed by atoms with Crippen molar-refractivity contribution >= 4 is 23.3 Å². The smallest absolute Gasteiger partial charge is 0.387 e. The summed E-state index contributed by atoms with van der Waals surface area (Å²) in [5.74, 6) is -0.978. The highest BCUT2D eigenvalue weighted by atomic mass is 19.3. The highest BCUT2D eigenvalue weighted by Gasteiger charge is 2.19. The lowest BCUT2D eigenvalue weighted by atomic mass is 10.2. The van der Waals surface area contributed by atoms with E-state index in [0.717, 1.165) is 36.5 Å². The fourth-order valence-corrected chi connectivity index (χ4v) is 2.05. The second-order valence-electron chi connectivity index (χ2n) is 5.04. The number of benzene rings is 2. The van der Waals surface area contributed by atoms with Gasteiger partial charge in [-0.2, -0.15) is 22.7 Å². The van der Waals surface area contributed by atoms with Gasteiger partial charge in [0.05, 0.1) is 22.1 Å². The molecule has 0 saturated carbocycles. The van der Waals surface area contributed by atoms with E-state index < -0.39 is 45.9 Å². The van der Waals surface area contributed by atoms with Gasteiger partial charge in [0, 0.05) is 17.7 Å². The largest absolute Gasteiger partial charge is 0.435 e. The van der Waals surface area contributed by atoms with Gasteiger partial charge in [-0.1, -0.05) is 0 Å². The van der Waals surface area contributed by atoms with Crippen LogP contribution in [0.2, 0.25) is 0 Å². The first-order valence-corrected chi connectivity index (χ1v) is 7.43. The topological polar surface area (TPSA) is 129 Å². The number of nitro groups is 2. The minimum Gasteiger partial charge on any atom is -0.435 e. The normalized spacial score (nSPS) is 11.1. The van der Waals surface area contributed by atoms with Crippen molar-refractivity contribution < 1.29 is 36.9 Å². The zero-order valence-corrected chi connectivity index (χ0v) is 14.0. The van der Waals surface area contributed by atoms with Gasteiger partial charge in [-0.3, -0.25) is 25.7 Å². The molecule has 0 aliphatic rings. The summed E-state index contributed by atoms with van der Waals surface area (Å²) < 4.78 is 57.8. The number of halogens is 4. The number of non-ortho nitro benzene ring substituents is 1. The number of hydrogen-bond donors (Lipinski definition) is 1. The van der Waals surface area contributed by atoms with Crippen molar-refractivity contribution in [2.45, 2.75) is 13.2 Å². The van der Waals surface area contributed by atoms with E-state index in [9.17, 15) is 37.8 Å². The van der Waals surface area contributed by atoms with E-state index in [4.69, 9.17) is 0 Å². The van der Waals surface area contributed by atoms with Gasteiger partial charge >= 0.3 is 18.9 Å². The summed E-state index contributed by atoms with van der Waals surface area (Å²) in [5.41, 5.74) is 0.765. The minimum atomic E-state index is -3.27. The van der Waals surface area contributed by atoms with Crippen LogP contribution in [-0.2, 0) is 0 Å². The van der Waals surface area contributed by atoms with E-state index in [1.165, 1.54) is 0 Å². The standard InChI is InChI=1S/C15H10F4N4O6/c16-14(17)28-10-3-1-8(13(6-10)29-15(18)19)7-20-21-11-4-2-9(22(24)25)5-12(11)23(26)27/h1-7,14-15,21H/b20-7+. The van der Waals surface area contributed by atoms with Gasteiger partial charge in [-0.15, -0.1) is 0 Å². The second kappa shape index (κ2) is 9.29. The summed E-state index contributed by atoms with van der Waals surface area (Å²) in [4.78, 5) is 20.0. The third-order valence-electron chi connectivity index (χ3n) is 3.20. The molecule has 0 spiro atoms. The number of nitrogens with one attached hydrogen (secondary N) is 1. The molecule has 0 saturated heterocycles. The SMILES string of the molecule is O=[N+]([O-])c1ccc(N/N=C/c2ccc(OC(F)F)cc2OC(F)F)c([N+](=O)[O-])c1. The van der Waals surface area contributed by atoms with Gasteiger partial charge in [0.1, 0.15) is 17.2 Å². The molecule has 1 N–H and O–H groups in total. The summed E-state index contributed by atoms with van der Waals surface area (Å²) >= 11 is 0. The first-order chi connectivity index (χ1) is 13.7. The van der Waals surface area contributed by atoms with Crippen molar-refractivity contribution in [3.8, 4) is 11.5 Å². The predicted octanol–water partition coefficient (Wildman–Crippen LogP) is 4.15. The average molecular weight is 418 g/mol. The van der Waals surface area contributed by atoms with Gasteiger partial charge in [-0.25, -0.2) is 0 Å². The van der Waals surface area contributed by atoms with E-state index in [0.29, 0.717) is 6.07 Å². The molecule has 2 aromatic rings. The number of hydrazone groups is 1. The van der Waals surface area contributed by atoms with Crippen LogP contribution >= 0.6 is 0 Å². The number of ether oxygens (including phenoxy) is 2. The molecule has 29 heavy (non-hydrogen) atoms. The van der Waals surface area contributed by atoms with E-state index >= 15 is 0 Å². The molecular weight excluding hydrogens is 408 g/mol. The van der Waals surface area contributed by atoms with Gasteiger partial charge < -0.3 is 9.47 Å². The summed E-state index contributed by atoms with van der Waals surface area (Å²) in [6.45, 7) is -6.45. The molecule has 0 heterocycles. The molecule has 0 bridgehead atoms. The lowest BCUT2D eigenvalue weighted by molar-refractivity contribution is -0.393. The van der Waals surface area contributed by atoms with Crippen LogP contribution in [-0.4, -0.2) is 29.3 Å². The monoisotopic (exact) mass is 418 g/mol. The lowest BCUT2D eigenvalue weighted by Gasteiger charge is -2.11. The molecule has 0 radical (unpaired) electrons. The molecule has 2 rings (SSSR count). The Kier molecular flexibility index (Phi) is 6.84. The van der Waals surface area contributed by atoms with Crippen LogP contribution in [0.25, 0.3) is 0 Å². The Balaban J connectivity index is 2.27. The fraction of sp³-hybridized carbons (Fsp3) is 0.133. The number of rotatable bonds is 9. The summed E-state index contributed by atoms with van der Waals surface area (Å²) in [7, 11) is 0. The van der Waals surface area contributed by atoms with Crippen molar-refractivity contribution in [1.82, 2.24) is 0 Å². The predicted molar refractivity (Wildman–Crippen MR) is 90.7 cm³/mol. The Bertz CT molecular complexity index is 941. The fourth-order valence-electron chi connectivity index (χ4n) is 2.05. The molecule has 0 aliphatic heterocycles. The lowest BCUT2D eigenvalue weighted by Crippen LogP contribution is -2.07.